The van der Waals surface area contributed by atoms with Crippen molar-refractivity contribution in [2.45, 2.75) is 0 Å². The van der Waals surface area contributed by atoms with Gasteiger partial charge in [-0.3, -0.25) is 4.79 Å². The van der Waals surface area contributed by atoms with Gasteiger partial charge in [-0.15, -0.1) is 0 Å². The Kier molecular flexibility index (Phi) is 3.72. The average molecular weight is 251 g/mol. The first-order valence-electron chi connectivity index (χ1n) is 5.82. The summed E-state index contributed by atoms with van der Waals surface area (Å²) in [6, 6.07) is 5.23. The van der Waals surface area contributed by atoms with Gasteiger partial charge >= 0.3 is 0 Å². The molecule has 0 aromatic heterocycles. The van der Waals surface area contributed by atoms with Gasteiger partial charge in [-0.1, -0.05) is 6.07 Å². The van der Waals surface area contributed by atoms with Gasteiger partial charge in [-0.2, -0.15) is 0 Å². The van der Waals surface area contributed by atoms with E-state index in [1.54, 1.807) is 23.1 Å². The normalized spacial score (nSPS) is 15.2. The van der Waals surface area contributed by atoms with Crippen LogP contribution in [0.1, 0.15) is 10.4 Å². The van der Waals surface area contributed by atoms with Gasteiger partial charge < -0.3 is 19.5 Å². The molecule has 0 spiro atoms. The van der Waals surface area contributed by atoms with Gasteiger partial charge in [0.2, 0.25) is 0 Å². The zero-order chi connectivity index (χ0) is 13.1. The van der Waals surface area contributed by atoms with E-state index in [4.69, 9.17) is 14.6 Å². The lowest BCUT2D eigenvalue weighted by molar-refractivity contribution is 0.0359. The monoisotopic (exact) mass is 251 g/mol. The highest BCUT2D eigenvalue weighted by Crippen LogP contribution is 2.32. The van der Waals surface area contributed by atoms with Gasteiger partial charge in [0.1, 0.15) is 0 Å². The van der Waals surface area contributed by atoms with Crippen molar-refractivity contribution in [2.75, 3.05) is 33.9 Å². The lowest BCUT2D eigenvalue weighted by atomic mass is 9.99. The third-order valence-corrected chi connectivity index (χ3v) is 3.14. The molecule has 0 unspecified atom stereocenters. The molecule has 98 valence electrons. The van der Waals surface area contributed by atoms with E-state index >= 15 is 0 Å². The zero-order valence-electron chi connectivity index (χ0n) is 10.5. The van der Waals surface area contributed by atoms with Crippen LogP contribution >= 0.6 is 0 Å². The quantitative estimate of drug-likeness (QED) is 0.858. The molecule has 0 aliphatic carbocycles. The predicted octanol–water partition coefficient (Wildman–Crippen LogP) is 0.768. The summed E-state index contributed by atoms with van der Waals surface area (Å²) in [6.07, 6.45) is 0. The topological polar surface area (TPSA) is 59.0 Å². The van der Waals surface area contributed by atoms with Crippen LogP contribution in [0.25, 0.3) is 0 Å². The summed E-state index contributed by atoms with van der Waals surface area (Å²) in [4.78, 5) is 13.9. The van der Waals surface area contributed by atoms with Crippen molar-refractivity contribution in [1.29, 1.82) is 0 Å². The molecule has 5 heteroatoms. The second kappa shape index (κ2) is 5.27. The van der Waals surface area contributed by atoms with Crippen LogP contribution in [0.4, 0.5) is 0 Å². The van der Waals surface area contributed by atoms with Gasteiger partial charge in [0.25, 0.3) is 5.91 Å². The molecule has 1 aliphatic rings. The van der Waals surface area contributed by atoms with Gasteiger partial charge in [0.05, 0.1) is 19.8 Å². The second-order valence-electron chi connectivity index (χ2n) is 4.30. The van der Waals surface area contributed by atoms with Crippen LogP contribution in [0.15, 0.2) is 18.2 Å². The number of carbonyl (C=O) groups excluding carboxylic acids is 1. The van der Waals surface area contributed by atoms with Gasteiger partial charge in [-0.05, 0) is 12.1 Å². The Balaban J connectivity index is 2.20. The summed E-state index contributed by atoms with van der Waals surface area (Å²) in [5, 5.41) is 8.96. The Morgan fingerprint density at radius 1 is 1.39 bits per heavy atom. The highest BCUT2D eigenvalue weighted by Gasteiger charge is 2.32. The number of para-hydroxylation sites is 1. The third-order valence-electron chi connectivity index (χ3n) is 3.14. The van der Waals surface area contributed by atoms with E-state index in [1.165, 1.54) is 14.2 Å². The second-order valence-corrected chi connectivity index (χ2v) is 4.30. The van der Waals surface area contributed by atoms with E-state index in [2.05, 4.69) is 0 Å². The number of rotatable bonds is 4. The van der Waals surface area contributed by atoms with Crippen LogP contribution in [-0.2, 0) is 0 Å². The summed E-state index contributed by atoms with van der Waals surface area (Å²) in [7, 11) is 3.05. The van der Waals surface area contributed by atoms with Crippen molar-refractivity contribution in [1.82, 2.24) is 4.90 Å². The fourth-order valence-electron chi connectivity index (χ4n) is 2.08. The molecule has 2 rings (SSSR count). The molecule has 0 atom stereocenters. The molecule has 1 heterocycles. The Labute approximate surface area is 106 Å². The Morgan fingerprint density at radius 2 is 2.11 bits per heavy atom. The summed E-state index contributed by atoms with van der Waals surface area (Å²) in [6.45, 7) is 1.31. The fourth-order valence-corrected chi connectivity index (χ4v) is 2.08. The average Bonchev–Trinajstić information content (AvgIpc) is 2.36. The molecular formula is C13H17NO4. The maximum atomic E-state index is 12.2. The molecule has 0 radical (unpaired) electrons. The van der Waals surface area contributed by atoms with Crippen molar-refractivity contribution < 1.29 is 19.4 Å². The molecule has 18 heavy (non-hydrogen) atoms. The smallest absolute Gasteiger partial charge is 0.257 e. The number of likely N-dealkylation sites (tertiary alicyclic amines) is 1. The molecule has 1 aromatic carbocycles. The van der Waals surface area contributed by atoms with E-state index in [0.717, 1.165) is 0 Å². The standard InChI is InChI=1S/C13H17NO4/c1-17-11-5-3-4-10(12(11)18-2)13(16)14-6-9(7-14)8-15/h3-5,9,15H,6-8H2,1-2H3. The van der Waals surface area contributed by atoms with Crippen LogP contribution < -0.4 is 9.47 Å². The Hall–Kier alpha value is -1.75. The minimum Gasteiger partial charge on any atom is -0.493 e. The fraction of sp³-hybridized carbons (Fsp3) is 0.462. The molecular weight excluding hydrogens is 234 g/mol. The van der Waals surface area contributed by atoms with Crippen molar-refractivity contribution in [3.63, 3.8) is 0 Å². The number of benzene rings is 1. The first kappa shape index (κ1) is 12.7. The van der Waals surface area contributed by atoms with Crippen LogP contribution in [0.3, 0.4) is 0 Å². The maximum Gasteiger partial charge on any atom is 0.257 e. The molecule has 1 saturated heterocycles. The number of aliphatic hydroxyl groups excluding tert-OH is 1. The molecule has 1 amide bonds. The molecule has 0 bridgehead atoms. The number of ether oxygens (including phenoxy) is 2. The number of aliphatic hydroxyl groups is 1. The lowest BCUT2D eigenvalue weighted by Crippen LogP contribution is -2.51. The predicted molar refractivity (Wildman–Crippen MR) is 66.0 cm³/mol. The number of methoxy groups -OCH3 is 2. The van der Waals surface area contributed by atoms with Crippen LogP contribution in [0.2, 0.25) is 0 Å². The molecule has 0 saturated carbocycles. The minimum absolute atomic E-state index is 0.0875. The van der Waals surface area contributed by atoms with Gasteiger partial charge in [-0.25, -0.2) is 0 Å². The highest BCUT2D eigenvalue weighted by molar-refractivity contribution is 5.98. The van der Waals surface area contributed by atoms with E-state index in [-0.39, 0.29) is 18.4 Å². The van der Waals surface area contributed by atoms with E-state index in [1.807, 2.05) is 0 Å². The Morgan fingerprint density at radius 3 is 2.67 bits per heavy atom. The van der Waals surface area contributed by atoms with Crippen molar-refractivity contribution >= 4 is 5.91 Å². The summed E-state index contributed by atoms with van der Waals surface area (Å²) in [5.41, 5.74) is 0.494. The van der Waals surface area contributed by atoms with E-state index < -0.39 is 0 Å². The van der Waals surface area contributed by atoms with Crippen LogP contribution in [0.5, 0.6) is 11.5 Å². The van der Waals surface area contributed by atoms with Crippen molar-refractivity contribution in [3.8, 4) is 11.5 Å². The Bertz CT molecular complexity index is 441. The van der Waals surface area contributed by atoms with Gasteiger partial charge in [0, 0.05) is 25.6 Å². The number of hydrogen-bond donors (Lipinski definition) is 1. The summed E-state index contributed by atoms with van der Waals surface area (Å²) in [5.74, 6) is 1.11. The van der Waals surface area contributed by atoms with E-state index in [9.17, 15) is 4.79 Å². The largest absolute Gasteiger partial charge is 0.493 e. The lowest BCUT2D eigenvalue weighted by Gasteiger charge is -2.38. The molecule has 1 aromatic rings. The van der Waals surface area contributed by atoms with Crippen molar-refractivity contribution in [2.24, 2.45) is 5.92 Å². The van der Waals surface area contributed by atoms with Crippen LogP contribution in [0, 0.1) is 5.92 Å². The molecule has 5 nitrogen and oxygen atoms in total. The molecule has 1 N–H and O–H groups in total. The maximum absolute atomic E-state index is 12.2. The third kappa shape index (κ3) is 2.13. The first-order chi connectivity index (χ1) is 8.71. The van der Waals surface area contributed by atoms with Gasteiger partial charge in [0.15, 0.2) is 11.5 Å². The number of carbonyl (C=O) groups is 1. The number of amides is 1. The number of nitrogens with zero attached hydrogens (tertiary/aromatic N) is 1. The van der Waals surface area contributed by atoms with Crippen molar-refractivity contribution in [3.05, 3.63) is 23.8 Å². The minimum atomic E-state index is -0.0875. The number of hydrogen-bond acceptors (Lipinski definition) is 4. The molecule has 1 aliphatic heterocycles. The highest BCUT2D eigenvalue weighted by atomic mass is 16.5. The zero-order valence-corrected chi connectivity index (χ0v) is 10.5. The van der Waals surface area contributed by atoms with Crippen LogP contribution in [-0.4, -0.2) is 49.8 Å². The summed E-state index contributed by atoms with van der Waals surface area (Å²) >= 11 is 0. The first-order valence-corrected chi connectivity index (χ1v) is 5.82. The SMILES string of the molecule is COc1cccc(C(=O)N2CC(CO)C2)c1OC. The van der Waals surface area contributed by atoms with E-state index in [0.29, 0.717) is 30.2 Å². The molecule has 1 fully saturated rings. The summed E-state index contributed by atoms with van der Waals surface area (Å²) < 4.78 is 10.4.